The van der Waals surface area contributed by atoms with Crippen LogP contribution in [0.3, 0.4) is 0 Å². The lowest BCUT2D eigenvalue weighted by Crippen LogP contribution is -2.37. The zero-order valence-corrected chi connectivity index (χ0v) is 57.0. The predicted molar refractivity (Wildman–Crippen MR) is 360 cm³/mol. The minimum atomic E-state index is -4.64. The molecule has 0 amide bonds. The number of likely N-dealkylation sites (N-methyl/N-ethyl adjacent to an activating group) is 1. The van der Waals surface area contributed by atoms with Crippen molar-refractivity contribution in [3.05, 3.63) is 60.8 Å². The fraction of sp³-hybridized carbons (Fsp3) is 0.838. The Kier molecular flexibility index (Phi) is 63.4. The summed E-state index contributed by atoms with van der Waals surface area (Å²) >= 11 is 0. The number of phosphoric acid groups is 1. The van der Waals surface area contributed by atoms with Crippen molar-refractivity contribution in [2.45, 2.75) is 354 Å². The van der Waals surface area contributed by atoms with Crippen molar-refractivity contribution in [3.8, 4) is 0 Å². The molecule has 0 bridgehead atoms. The van der Waals surface area contributed by atoms with Crippen LogP contribution in [0.1, 0.15) is 348 Å². The van der Waals surface area contributed by atoms with Gasteiger partial charge in [-0.05, 0) is 57.8 Å². The Morgan fingerprint density at radius 2 is 0.679 bits per heavy atom. The van der Waals surface area contributed by atoms with E-state index in [-0.39, 0.29) is 32.0 Å². The van der Waals surface area contributed by atoms with Crippen molar-refractivity contribution in [2.75, 3.05) is 47.5 Å². The number of quaternary nitrogens is 1. The Morgan fingerprint density at radius 3 is 1.01 bits per heavy atom. The molecule has 0 heterocycles. The summed E-state index contributed by atoms with van der Waals surface area (Å²) in [5.41, 5.74) is 0. The van der Waals surface area contributed by atoms with E-state index in [2.05, 4.69) is 74.6 Å². The van der Waals surface area contributed by atoms with E-state index < -0.39 is 26.5 Å². The monoisotopic (exact) mass is 1200 g/mol. The van der Waals surface area contributed by atoms with Crippen LogP contribution in [0.4, 0.5) is 0 Å². The topological polar surface area (TPSA) is 111 Å². The van der Waals surface area contributed by atoms with Gasteiger partial charge in [-0.25, -0.2) is 0 Å². The van der Waals surface area contributed by atoms with Gasteiger partial charge < -0.3 is 27.9 Å². The van der Waals surface area contributed by atoms with Gasteiger partial charge in [-0.3, -0.25) is 14.2 Å². The third kappa shape index (κ3) is 68.8. The van der Waals surface area contributed by atoms with Gasteiger partial charge in [0.05, 0.1) is 27.7 Å². The Bertz CT molecular complexity index is 1600. The van der Waals surface area contributed by atoms with Gasteiger partial charge in [-0.2, -0.15) is 0 Å². The van der Waals surface area contributed by atoms with Crippen LogP contribution >= 0.6 is 7.82 Å². The second-order valence-electron chi connectivity index (χ2n) is 25.6. The number of nitrogens with zero attached hydrogens (tertiary/aromatic N) is 1. The molecule has 0 aliphatic rings. The smallest absolute Gasteiger partial charge is 0.306 e. The highest BCUT2D eigenvalue weighted by Gasteiger charge is 2.22. The minimum absolute atomic E-state index is 0.0313. The van der Waals surface area contributed by atoms with E-state index in [1.807, 2.05) is 21.1 Å². The molecule has 0 fully saturated rings. The molecule has 0 rings (SSSR count). The molecule has 0 N–H and O–H groups in total. The molecule has 0 saturated carbocycles. The van der Waals surface area contributed by atoms with Crippen molar-refractivity contribution in [1.82, 2.24) is 0 Å². The quantitative estimate of drug-likeness (QED) is 0.0195. The Morgan fingerprint density at radius 1 is 0.381 bits per heavy atom. The first-order valence-electron chi connectivity index (χ1n) is 36.0. The van der Waals surface area contributed by atoms with Gasteiger partial charge in [0.1, 0.15) is 19.8 Å². The summed E-state index contributed by atoms with van der Waals surface area (Å²) in [6, 6.07) is 0. The summed E-state index contributed by atoms with van der Waals surface area (Å²) in [5.74, 6) is -0.822. The maximum absolute atomic E-state index is 12.9. The van der Waals surface area contributed by atoms with E-state index in [0.29, 0.717) is 17.4 Å². The van der Waals surface area contributed by atoms with Crippen molar-refractivity contribution in [3.63, 3.8) is 0 Å². The molecular formula is C74H138NO8P. The molecule has 0 aliphatic carbocycles. The molecule has 2 atom stereocenters. The lowest BCUT2D eigenvalue weighted by atomic mass is 10.0. The molecule has 0 aromatic heterocycles. The summed E-state index contributed by atoms with van der Waals surface area (Å²) in [6.07, 6.45) is 86.0. The summed E-state index contributed by atoms with van der Waals surface area (Å²) < 4.78 is 34.3. The van der Waals surface area contributed by atoms with Crippen LogP contribution < -0.4 is 4.89 Å². The second-order valence-corrected chi connectivity index (χ2v) is 27.0. The van der Waals surface area contributed by atoms with E-state index >= 15 is 0 Å². The highest BCUT2D eigenvalue weighted by molar-refractivity contribution is 7.45. The number of phosphoric ester groups is 1. The van der Waals surface area contributed by atoms with Gasteiger partial charge in [-0.15, -0.1) is 0 Å². The lowest BCUT2D eigenvalue weighted by Gasteiger charge is -2.28. The van der Waals surface area contributed by atoms with Gasteiger partial charge in [0.15, 0.2) is 6.10 Å². The number of ether oxygens (including phenoxy) is 2. The third-order valence-electron chi connectivity index (χ3n) is 16.1. The van der Waals surface area contributed by atoms with E-state index in [1.54, 1.807) is 0 Å². The summed E-state index contributed by atoms with van der Waals surface area (Å²) in [4.78, 5) is 38.1. The number of carbonyl (C=O) groups is 2. The molecule has 0 radical (unpaired) electrons. The highest BCUT2D eigenvalue weighted by atomic mass is 31.2. The van der Waals surface area contributed by atoms with Gasteiger partial charge in [0.25, 0.3) is 7.82 Å². The lowest BCUT2D eigenvalue weighted by molar-refractivity contribution is -0.870. The molecule has 0 aromatic rings. The molecular weight excluding hydrogens is 1060 g/mol. The first-order chi connectivity index (χ1) is 41.0. The van der Waals surface area contributed by atoms with Crippen LogP contribution in [-0.4, -0.2) is 70.0 Å². The number of hydrogen-bond donors (Lipinski definition) is 0. The van der Waals surface area contributed by atoms with Gasteiger partial charge in [0, 0.05) is 12.8 Å². The Balaban J connectivity index is 3.99. The average Bonchev–Trinajstić information content (AvgIpc) is 3.61. The van der Waals surface area contributed by atoms with Gasteiger partial charge in [0.2, 0.25) is 0 Å². The Hall–Kier alpha value is -2.29. The number of esters is 2. The van der Waals surface area contributed by atoms with Crippen LogP contribution in [0.5, 0.6) is 0 Å². The predicted octanol–water partition coefficient (Wildman–Crippen LogP) is 22.8. The fourth-order valence-corrected chi connectivity index (χ4v) is 11.3. The number of allylic oxidation sites excluding steroid dienone is 10. The van der Waals surface area contributed by atoms with Crippen LogP contribution in [0, 0.1) is 0 Å². The van der Waals surface area contributed by atoms with E-state index in [1.165, 1.54) is 238 Å². The summed E-state index contributed by atoms with van der Waals surface area (Å²) in [6.45, 7) is 4.18. The van der Waals surface area contributed by atoms with E-state index in [4.69, 9.17) is 18.5 Å². The van der Waals surface area contributed by atoms with Crippen molar-refractivity contribution < 1.29 is 42.1 Å². The Labute approximate surface area is 521 Å². The molecule has 2 unspecified atom stereocenters. The van der Waals surface area contributed by atoms with Crippen molar-refractivity contribution in [1.29, 1.82) is 0 Å². The zero-order chi connectivity index (χ0) is 61.2. The van der Waals surface area contributed by atoms with Crippen molar-refractivity contribution >= 4 is 19.8 Å². The maximum atomic E-state index is 12.9. The summed E-state index contributed by atoms with van der Waals surface area (Å²) in [7, 11) is 1.17. The van der Waals surface area contributed by atoms with Crippen molar-refractivity contribution in [2.24, 2.45) is 0 Å². The largest absolute Gasteiger partial charge is 0.756 e. The SMILES string of the molecule is CC/C=C\C/C=C\C/C=C\C/C=C\C/C=C\CCCCCCCCCCCCCC(=O)OC(COC(=O)CCCCCCCCCCCCCCCCCCCCCCCCCCCCCCCCCCC)COP(=O)([O-])OCC[N+](C)(C)C. The van der Waals surface area contributed by atoms with Gasteiger partial charge >= 0.3 is 11.9 Å². The van der Waals surface area contributed by atoms with Crippen LogP contribution in [-0.2, 0) is 32.7 Å². The third-order valence-corrected chi connectivity index (χ3v) is 17.0. The number of rotatable bonds is 67. The van der Waals surface area contributed by atoms with E-state index in [9.17, 15) is 19.0 Å². The minimum Gasteiger partial charge on any atom is -0.756 e. The fourth-order valence-electron chi connectivity index (χ4n) is 10.6. The second kappa shape index (κ2) is 65.2. The zero-order valence-electron chi connectivity index (χ0n) is 56.1. The van der Waals surface area contributed by atoms with Crippen LogP contribution in [0.25, 0.3) is 0 Å². The van der Waals surface area contributed by atoms with Crippen LogP contribution in [0.15, 0.2) is 60.8 Å². The first-order valence-corrected chi connectivity index (χ1v) is 37.5. The number of carbonyl (C=O) groups excluding carboxylic acids is 2. The number of hydrogen-bond acceptors (Lipinski definition) is 8. The summed E-state index contributed by atoms with van der Waals surface area (Å²) in [5, 5.41) is 0. The molecule has 0 aromatic carbocycles. The molecule has 0 aliphatic heterocycles. The molecule has 0 saturated heterocycles. The van der Waals surface area contributed by atoms with Gasteiger partial charge in [-0.1, -0.05) is 338 Å². The number of unbranched alkanes of at least 4 members (excludes halogenated alkanes) is 43. The molecule has 492 valence electrons. The molecule has 0 spiro atoms. The first kappa shape index (κ1) is 81.7. The standard InChI is InChI=1S/C74H138NO8P/c1-6-8-10-12-14-16-18-20-22-24-26-28-30-32-34-35-36-37-38-39-41-42-44-46-48-50-52-54-56-58-60-62-64-66-73(76)80-70-72(71-82-84(78,79)81-69-68-75(3,4)5)83-74(77)67-65-63-61-59-57-55-53-51-49-47-45-43-40-33-31-29-27-25-23-21-19-17-15-13-11-9-7-2/h9,11,15,17,21,23,27,29,33,40,72H,6-8,10,12-14,16,18-20,22,24-26,28,30-32,34-39,41-71H2,1-5H3/b11-9-,17-15-,23-21-,29-27-,40-33-. The molecule has 10 heteroatoms. The maximum Gasteiger partial charge on any atom is 0.306 e. The van der Waals surface area contributed by atoms with E-state index in [0.717, 1.165) is 77.0 Å². The molecule has 9 nitrogen and oxygen atoms in total. The normalized spacial score (nSPS) is 13.5. The average molecular weight is 1200 g/mol. The highest BCUT2D eigenvalue weighted by Crippen LogP contribution is 2.38. The van der Waals surface area contributed by atoms with Crippen LogP contribution in [0.2, 0.25) is 0 Å². The molecule has 84 heavy (non-hydrogen) atoms.